The Kier molecular flexibility index (Phi) is 5.45. The molecular weight excluding hydrogens is 365 g/mol. The molecule has 3 nitrogen and oxygen atoms in total. The molecule has 0 radical (unpaired) electrons. The number of alkyl halides is 1. The second kappa shape index (κ2) is 8.18. The lowest BCUT2D eigenvalue weighted by atomic mass is 9.95. The van der Waals surface area contributed by atoms with E-state index in [0.717, 1.165) is 27.2 Å². The van der Waals surface area contributed by atoms with Crippen molar-refractivity contribution in [2.75, 3.05) is 6.67 Å². The van der Waals surface area contributed by atoms with Gasteiger partial charge in [0.05, 0.1) is 6.10 Å². The van der Waals surface area contributed by atoms with Crippen molar-refractivity contribution in [3.8, 4) is 0 Å². The lowest BCUT2D eigenvalue weighted by Gasteiger charge is -2.08. The van der Waals surface area contributed by atoms with E-state index in [1.807, 2.05) is 78.4 Å². The van der Waals surface area contributed by atoms with Gasteiger partial charge in [-0.05, 0) is 42.2 Å². The van der Waals surface area contributed by atoms with Crippen LogP contribution in [0.4, 0.5) is 4.39 Å². The molecule has 1 aromatic heterocycles. The van der Waals surface area contributed by atoms with Crippen LogP contribution < -0.4 is 0 Å². The molecule has 1 heterocycles. The van der Waals surface area contributed by atoms with E-state index in [0.29, 0.717) is 30.5 Å². The fourth-order valence-electron chi connectivity index (χ4n) is 3.98. The molecule has 0 amide bonds. The Balaban J connectivity index is 1.75. The number of halogens is 1. The number of aliphatic hydroxyl groups excluding tert-OH is 1. The van der Waals surface area contributed by atoms with E-state index < -0.39 is 12.8 Å². The summed E-state index contributed by atoms with van der Waals surface area (Å²) in [5, 5.41) is 12.4. The number of carbonyl (C=O) groups excluding carboxylic acids is 1. The van der Waals surface area contributed by atoms with Gasteiger partial charge >= 0.3 is 0 Å². The summed E-state index contributed by atoms with van der Waals surface area (Å²) in [6.45, 7) is 1.95. The average Bonchev–Trinajstić information content (AvgIpc) is 3.12. The van der Waals surface area contributed by atoms with E-state index in [1.165, 1.54) is 0 Å². The van der Waals surface area contributed by atoms with Gasteiger partial charge in [0.1, 0.15) is 6.67 Å². The number of carbonyl (C=O) groups is 1. The van der Waals surface area contributed by atoms with E-state index in [2.05, 4.69) is 0 Å². The van der Waals surface area contributed by atoms with Crippen LogP contribution in [-0.2, 0) is 6.54 Å². The van der Waals surface area contributed by atoms with Gasteiger partial charge in [0, 0.05) is 34.8 Å². The van der Waals surface area contributed by atoms with E-state index in [9.17, 15) is 14.3 Å². The SMILES string of the molecule is Cc1ccc(C(=O)c2cn(CCC[C@@H](O)CF)c3ccccc23)c2ccccc12. The molecule has 4 heteroatoms. The van der Waals surface area contributed by atoms with Crippen LogP contribution in [0, 0.1) is 6.92 Å². The minimum Gasteiger partial charge on any atom is -0.390 e. The summed E-state index contributed by atoms with van der Waals surface area (Å²) in [7, 11) is 0. The monoisotopic (exact) mass is 389 g/mol. The molecular formula is C25H24FNO2. The van der Waals surface area contributed by atoms with Gasteiger partial charge in [-0.25, -0.2) is 4.39 Å². The number of aliphatic hydroxyl groups is 1. The van der Waals surface area contributed by atoms with Crippen LogP contribution in [0.25, 0.3) is 21.7 Å². The van der Waals surface area contributed by atoms with Crippen LogP contribution in [0.3, 0.4) is 0 Å². The van der Waals surface area contributed by atoms with Gasteiger partial charge in [0.15, 0.2) is 5.78 Å². The minimum absolute atomic E-state index is 0.0000529. The Morgan fingerprint density at radius 2 is 1.66 bits per heavy atom. The molecule has 0 bridgehead atoms. The number of ketones is 1. The summed E-state index contributed by atoms with van der Waals surface area (Å²) >= 11 is 0. The smallest absolute Gasteiger partial charge is 0.195 e. The molecule has 0 unspecified atom stereocenters. The molecule has 0 aliphatic heterocycles. The van der Waals surface area contributed by atoms with Crippen LogP contribution in [-0.4, -0.2) is 28.2 Å². The quantitative estimate of drug-likeness (QED) is 0.427. The molecule has 148 valence electrons. The highest BCUT2D eigenvalue weighted by atomic mass is 19.1. The van der Waals surface area contributed by atoms with Crippen LogP contribution in [0.5, 0.6) is 0 Å². The Hall–Kier alpha value is -2.98. The molecule has 0 aliphatic carbocycles. The maximum Gasteiger partial charge on any atom is 0.195 e. The molecule has 1 N–H and O–H groups in total. The van der Waals surface area contributed by atoms with Crippen LogP contribution in [0.1, 0.15) is 34.3 Å². The van der Waals surface area contributed by atoms with Crippen molar-refractivity contribution in [3.05, 3.63) is 83.6 Å². The number of fused-ring (bicyclic) bond motifs is 2. The summed E-state index contributed by atoms with van der Waals surface area (Å²) in [6, 6.07) is 19.7. The van der Waals surface area contributed by atoms with E-state index >= 15 is 0 Å². The van der Waals surface area contributed by atoms with Crippen molar-refractivity contribution in [2.24, 2.45) is 0 Å². The van der Waals surface area contributed by atoms with Crippen molar-refractivity contribution in [2.45, 2.75) is 32.4 Å². The molecule has 4 rings (SSSR count). The predicted molar refractivity (Wildman–Crippen MR) is 115 cm³/mol. The first-order valence-corrected chi connectivity index (χ1v) is 9.95. The molecule has 0 spiro atoms. The third-order valence-electron chi connectivity index (χ3n) is 5.53. The van der Waals surface area contributed by atoms with Gasteiger partial charge in [-0.15, -0.1) is 0 Å². The zero-order valence-corrected chi connectivity index (χ0v) is 16.4. The molecule has 0 fully saturated rings. The summed E-state index contributed by atoms with van der Waals surface area (Å²) in [5.74, 6) is -0.0000529. The van der Waals surface area contributed by atoms with Crippen molar-refractivity contribution in [1.82, 2.24) is 4.57 Å². The first-order valence-electron chi connectivity index (χ1n) is 9.95. The topological polar surface area (TPSA) is 42.2 Å². The van der Waals surface area contributed by atoms with Gasteiger partial charge in [-0.3, -0.25) is 4.79 Å². The lowest BCUT2D eigenvalue weighted by Crippen LogP contribution is -2.10. The van der Waals surface area contributed by atoms with Gasteiger partial charge in [0.2, 0.25) is 0 Å². The zero-order chi connectivity index (χ0) is 20.4. The van der Waals surface area contributed by atoms with Gasteiger partial charge in [0.25, 0.3) is 0 Å². The molecule has 4 aromatic rings. The maximum absolute atomic E-state index is 13.5. The summed E-state index contributed by atoms with van der Waals surface area (Å²) in [4.78, 5) is 13.5. The zero-order valence-electron chi connectivity index (χ0n) is 16.4. The highest BCUT2D eigenvalue weighted by Crippen LogP contribution is 2.29. The summed E-state index contributed by atoms with van der Waals surface area (Å²) < 4.78 is 14.5. The highest BCUT2D eigenvalue weighted by molar-refractivity contribution is 6.21. The second-order valence-corrected chi connectivity index (χ2v) is 7.51. The van der Waals surface area contributed by atoms with Gasteiger partial charge in [-0.2, -0.15) is 0 Å². The maximum atomic E-state index is 13.5. The van der Waals surface area contributed by atoms with E-state index in [4.69, 9.17) is 0 Å². The average molecular weight is 389 g/mol. The highest BCUT2D eigenvalue weighted by Gasteiger charge is 2.19. The Labute approximate surface area is 169 Å². The normalized spacial score (nSPS) is 12.5. The van der Waals surface area contributed by atoms with E-state index in [-0.39, 0.29) is 5.78 Å². The fourth-order valence-corrected chi connectivity index (χ4v) is 3.98. The van der Waals surface area contributed by atoms with Crippen molar-refractivity contribution in [3.63, 3.8) is 0 Å². The van der Waals surface area contributed by atoms with E-state index in [1.54, 1.807) is 0 Å². The Morgan fingerprint density at radius 1 is 0.966 bits per heavy atom. The molecule has 1 atom stereocenters. The standard InChI is InChI=1S/C25H24FNO2/c1-17-12-13-22(20-9-3-2-8-19(17)20)25(29)23-16-27(14-6-7-18(28)15-26)24-11-5-4-10-21(23)24/h2-5,8-13,16,18,28H,6-7,14-15H2,1H3/t18-/m1/s1. The summed E-state index contributed by atoms with van der Waals surface area (Å²) in [5.41, 5.74) is 3.48. The van der Waals surface area contributed by atoms with Crippen molar-refractivity contribution in [1.29, 1.82) is 0 Å². The largest absolute Gasteiger partial charge is 0.390 e. The third-order valence-corrected chi connectivity index (χ3v) is 5.53. The lowest BCUT2D eigenvalue weighted by molar-refractivity contribution is 0.104. The number of aryl methyl sites for hydroxylation is 2. The molecule has 0 saturated carbocycles. The Morgan fingerprint density at radius 3 is 2.41 bits per heavy atom. The minimum atomic E-state index is -0.920. The molecule has 0 aliphatic rings. The first-order chi connectivity index (χ1) is 14.1. The number of para-hydroxylation sites is 1. The molecule has 29 heavy (non-hydrogen) atoms. The summed E-state index contributed by atoms with van der Waals surface area (Å²) in [6.07, 6.45) is 2.01. The number of aromatic nitrogens is 1. The van der Waals surface area contributed by atoms with Crippen LogP contribution >= 0.6 is 0 Å². The van der Waals surface area contributed by atoms with Gasteiger partial charge in [-0.1, -0.05) is 54.6 Å². The van der Waals surface area contributed by atoms with Crippen LogP contribution in [0.2, 0.25) is 0 Å². The third kappa shape index (κ3) is 3.68. The molecule has 3 aromatic carbocycles. The predicted octanol–water partition coefficient (Wildman–Crippen LogP) is 5.44. The van der Waals surface area contributed by atoms with Crippen molar-refractivity contribution >= 4 is 27.5 Å². The van der Waals surface area contributed by atoms with Crippen molar-refractivity contribution < 1.29 is 14.3 Å². The number of benzene rings is 3. The second-order valence-electron chi connectivity index (χ2n) is 7.51. The number of hydrogen-bond acceptors (Lipinski definition) is 2. The number of rotatable bonds is 7. The molecule has 0 saturated heterocycles. The fraction of sp³-hybridized carbons (Fsp3) is 0.240. The number of hydrogen-bond donors (Lipinski definition) is 1. The Bertz CT molecular complexity index is 1180. The first kappa shape index (κ1) is 19.3. The van der Waals surface area contributed by atoms with Gasteiger partial charge < -0.3 is 9.67 Å². The van der Waals surface area contributed by atoms with Crippen LogP contribution in [0.15, 0.2) is 66.9 Å². The number of nitrogens with zero attached hydrogens (tertiary/aromatic N) is 1.